The molecule has 0 fully saturated rings. The molecule has 7 nitrogen and oxygen atoms in total. The van der Waals surface area contributed by atoms with Crippen LogP contribution in [0.2, 0.25) is 0 Å². The third-order valence-electron chi connectivity index (χ3n) is 2.39. The minimum Gasteiger partial charge on any atom is -0.507 e. The summed E-state index contributed by atoms with van der Waals surface area (Å²) in [6.45, 7) is 0. The van der Waals surface area contributed by atoms with Crippen molar-refractivity contribution in [3.63, 3.8) is 0 Å². The number of rotatable bonds is 2. The first kappa shape index (κ1) is 10.9. The Bertz CT molecular complexity index is 641. The summed E-state index contributed by atoms with van der Waals surface area (Å²) in [7, 11) is 1.47. The number of H-pyrrole nitrogens is 1. The van der Waals surface area contributed by atoms with E-state index in [0.717, 1.165) is 0 Å². The Morgan fingerprint density at radius 3 is 2.65 bits per heavy atom. The lowest BCUT2D eigenvalue weighted by Gasteiger charge is -2.03. The van der Waals surface area contributed by atoms with Crippen molar-refractivity contribution in [2.75, 3.05) is 0 Å². The summed E-state index contributed by atoms with van der Waals surface area (Å²) in [5.74, 6) is -0.120. The molecule has 0 spiro atoms. The molecule has 1 heterocycles. The lowest BCUT2D eigenvalue weighted by atomic mass is 10.1. The number of phenolic OH excluding ortho intramolecular Hbond substituents is 1. The van der Waals surface area contributed by atoms with Crippen molar-refractivity contribution in [1.82, 2.24) is 9.78 Å². The molecule has 7 heteroatoms. The Balaban J connectivity index is 2.80. The van der Waals surface area contributed by atoms with Gasteiger partial charge in [-0.05, 0) is 12.1 Å². The number of aryl methyl sites for hydroxylation is 1. The number of para-hydroxylation sites is 1. The van der Waals surface area contributed by atoms with Gasteiger partial charge in [-0.3, -0.25) is 24.7 Å². The molecule has 0 aliphatic carbocycles. The second-order valence-electron chi connectivity index (χ2n) is 3.47. The number of nitro groups is 1. The number of aromatic amines is 1. The van der Waals surface area contributed by atoms with Gasteiger partial charge in [0.1, 0.15) is 5.75 Å². The molecule has 2 N–H and O–H groups in total. The van der Waals surface area contributed by atoms with Gasteiger partial charge in [0, 0.05) is 12.6 Å². The predicted octanol–water partition coefficient (Wildman–Crippen LogP) is 0.994. The molecule has 88 valence electrons. The van der Waals surface area contributed by atoms with Gasteiger partial charge in [0.2, 0.25) is 0 Å². The molecular weight excluding hydrogens is 226 g/mol. The standard InChI is InChI=1S/C10H9N3O4/c1-12-8(6-4-2-3-5-7(6)14)9(13(16)17)10(15)11-12/h2-5,14H,1H3,(H,11,15). The Labute approximate surface area is 95.1 Å². The molecular formula is C10H9N3O4. The van der Waals surface area contributed by atoms with E-state index in [4.69, 9.17) is 0 Å². The first-order valence-electron chi connectivity index (χ1n) is 4.74. The summed E-state index contributed by atoms with van der Waals surface area (Å²) in [4.78, 5) is 21.5. The number of nitrogens with one attached hydrogen (secondary N) is 1. The van der Waals surface area contributed by atoms with Crippen molar-refractivity contribution in [3.8, 4) is 17.0 Å². The average Bonchev–Trinajstić information content (AvgIpc) is 2.54. The van der Waals surface area contributed by atoms with Gasteiger partial charge in [0.15, 0.2) is 5.69 Å². The fourth-order valence-electron chi connectivity index (χ4n) is 1.68. The lowest BCUT2D eigenvalue weighted by Crippen LogP contribution is -2.05. The van der Waals surface area contributed by atoms with Crippen LogP contribution in [0.15, 0.2) is 29.1 Å². The molecule has 0 saturated carbocycles. The van der Waals surface area contributed by atoms with E-state index in [0.29, 0.717) is 0 Å². The van der Waals surface area contributed by atoms with Crippen LogP contribution in [0, 0.1) is 10.1 Å². The quantitative estimate of drug-likeness (QED) is 0.598. The average molecular weight is 235 g/mol. The number of hydrogen-bond donors (Lipinski definition) is 2. The van der Waals surface area contributed by atoms with Gasteiger partial charge < -0.3 is 5.11 Å². The topological polar surface area (TPSA) is 101 Å². The highest BCUT2D eigenvalue weighted by Gasteiger charge is 2.26. The first-order chi connectivity index (χ1) is 8.02. The van der Waals surface area contributed by atoms with Gasteiger partial charge in [-0.25, -0.2) is 0 Å². The maximum Gasteiger partial charge on any atom is 0.360 e. The molecule has 2 rings (SSSR count). The van der Waals surface area contributed by atoms with Crippen LogP contribution in [-0.4, -0.2) is 19.8 Å². The van der Waals surface area contributed by atoms with Crippen LogP contribution in [0.4, 0.5) is 5.69 Å². The van der Waals surface area contributed by atoms with Crippen LogP contribution in [0.1, 0.15) is 0 Å². The largest absolute Gasteiger partial charge is 0.507 e. The summed E-state index contributed by atoms with van der Waals surface area (Å²) in [5.41, 5.74) is -1.08. The zero-order valence-corrected chi connectivity index (χ0v) is 8.88. The zero-order valence-electron chi connectivity index (χ0n) is 8.88. The Hall–Kier alpha value is -2.57. The van der Waals surface area contributed by atoms with E-state index >= 15 is 0 Å². The summed E-state index contributed by atoms with van der Waals surface area (Å²) in [6.07, 6.45) is 0. The lowest BCUT2D eigenvalue weighted by molar-refractivity contribution is -0.385. The summed E-state index contributed by atoms with van der Waals surface area (Å²) < 4.78 is 1.22. The molecule has 0 amide bonds. The van der Waals surface area contributed by atoms with Crippen LogP contribution in [0.5, 0.6) is 5.75 Å². The zero-order chi connectivity index (χ0) is 12.6. The Morgan fingerprint density at radius 2 is 2.06 bits per heavy atom. The van der Waals surface area contributed by atoms with Crippen LogP contribution >= 0.6 is 0 Å². The van der Waals surface area contributed by atoms with Crippen molar-refractivity contribution in [2.45, 2.75) is 0 Å². The number of aromatic hydroxyl groups is 1. The van der Waals surface area contributed by atoms with Crippen molar-refractivity contribution < 1.29 is 10.0 Å². The highest BCUT2D eigenvalue weighted by Crippen LogP contribution is 2.32. The molecule has 2 aromatic rings. The van der Waals surface area contributed by atoms with Gasteiger partial charge >= 0.3 is 11.2 Å². The van der Waals surface area contributed by atoms with E-state index in [2.05, 4.69) is 5.10 Å². The maximum absolute atomic E-state index is 11.4. The predicted molar refractivity (Wildman–Crippen MR) is 59.8 cm³/mol. The summed E-state index contributed by atoms with van der Waals surface area (Å²) in [5, 5.41) is 22.8. The third-order valence-corrected chi connectivity index (χ3v) is 2.39. The Morgan fingerprint density at radius 1 is 1.41 bits per heavy atom. The van der Waals surface area contributed by atoms with E-state index < -0.39 is 16.2 Å². The van der Waals surface area contributed by atoms with Gasteiger partial charge in [-0.2, -0.15) is 0 Å². The van der Waals surface area contributed by atoms with Crippen LogP contribution in [0.3, 0.4) is 0 Å². The van der Waals surface area contributed by atoms with Crippen molar-refractivity contribution in [1.29, 1.82) is 0 Å². The normalized spacial score (nSPS) is 10.4. The van der Waals surface area contributed by atoms with Crippen LogP contribution in [-0.2, 0) is 7.05 Å². The van der Waals surface area contributed by atoms with Gasteiger partial charge in [-0.15, -0.1) is 0 Å². The van der Waals surface area contributed by atoms with Gasteiger partial charge in [0.05, 0.1) is 4.92 Å². The number of hydrogen-bond acceptors (Lipinski definition) is 4. The second kappa shape index (κ2) is 3.78. The number of nitrogens with zero attached hydrogens (tertiary/aromatic N) is 2. The monoisotopic (exact) mass is 235 g/mol. The van der Waals surface area contributed by atoms with Crippen molar-refractivity contribution in [3.05, 3.63) is 44.7 Å². The van der Waals surface area contributed by atoms with Crippen LogP contribution < -0.4 is 5.56 Å². The second-order valence-corrected chi connectivity index (χ2v) is 3.47. The number of aromatic nitrogens is 2. The van der Waals surface area contributed by atoms with Crippen LogP contribution in [0.25, 0.3) is 11.3 Å². The summed E-state index contributed by atoms with van der Waals surface area (Å²) in [6, 6.07) is 6.12. The molecule has 0 radical (unpaired) electrons. The molecule has 0 saturated heterocycles. The summed E-state index contributed by atoms with van der Waals surface area (Å²) >= 11 is 0. The Kier molecular flexibility index (Phi) is 2.43. The molecule has 1 aromatic heterocycles. The molecule has 0 unspecified atom stereocenters. The van der Waals surface area contributed by atoms with Crippen molar-refractivity contribution in [2.24, 2.45) is 7.05 Å². The van der Waals surface area contributed by atoms with E-state index in [-0.39, 0.29) is 17.0 Å². The SMILES string of the molecule is Cn1[nH]c(=O)c([N+](=O)[O-])c1-c1ccccc1O. The molecule has 0 aliphatic heterocycles. The third kappa shape index (κ3) is 1.67. The van der Waals surface area contributed by atoms with Gasteiger partial charge in [0.25, 0.3) is 0 Å². The fourth-order valence-corrected chi connectivity index (χ4v) is 1.68. The maximum atomic E-state index is 11.4. The fraction of sp³-hybridized carbons (Fsp3) is 0.100. The number of phenols is 1. The minimum atomic E-state index is -0.796. The van der Waals surface area contributed by atoms with E-state index in [1.54, 1.807) is 12.1 Å². The first-order valence-corrected chi connectivity index (χ1v) is 4.74. The highest BCUT2D eigenvalue weighted by molar-refractivity contribution is 5.74. The van der Waals surface area contributed by atoms with E-state index in [1.165, 1.54) is 23.9 Å². The number of benzene rings is 1. The molecule has 0 aliphatic rings. The molecule has 0 atom stereocenters. The smallest absolute Gasteiger partial charge is 0.360 e. The minimum absolute atomic E-state index is 0.0538. The molecule has 0 bridgehead atoms. The van der Waals surface area contributed by atoms with Gasteiger partial charge in [-0.1, -0.05) is 12.1 Å². The van der Waals surface area contributed by atoms with E-state index in [1.807, 2.05) is 0 Å². The molecule has 17 heavy (non-hydrogen) atoms. The highest BCUT2D eigenvalue weighted by atomic mass is 16.6. The van der Waals surface area contributed by atoms with E-state index in [9.17, 15) is 20.0 Å². The van der Waals surface area contributed by atoms with Crippen molar-refractivity contribution >= 4 is 5.69 Å². The molecule has 1 aromatic carbocycles.